The number of hydrogen-bond donors (Lipinski definition) is 2. The number of carbonyl (C=O) groups excluding carboxylic acids is 2. The summed E-state index contributed by atoms with van der Waals surface area (Å²) in [4.78, 5) is 40.5. The molecule has 0 spiro atoms. The van der Waals surface area contributed by atoms with E-state index < -0.39 is 17.6 Å². The van der Waals surface area contributed by atoms with Crippen LogP contribution in [0.5, 0.6) is 22.7 Å². The Kier molecular flexibility index (Phi) is 11.4. The summed E-state index contributed by atoms with van der Waals surface area (Å²) in [6, 6.07) is 5.83. The van der Waals surface area contributed by atoms with E-state index >= 15 is 0 Å². The zero-order chi connectivity index (χ0) is 32.8. The Hall–Kier alpha value is -3.65. The SMILES string of the molecule is COc1nc(NCCN(C(=O)OC(C)(C)C)C(C)C)nc(OC)c1NC(=O)c1csc(Oc2cc(C(C)(C)C)ccc2Br)n1. The topological polar surface area (TPSA) is 137 Å². The van der Waals surface area contributed by atoms with Crippen molar-refractivity contribution in [3.05, 3.63) is 39.3 Å². The number of methoxy groups -OCH3 is 2. The molecule has 0 saturated carbocycles. The van der Waals surface area contributed by atoms with Crippen molar-refractivity contribution in [3.8, 4) is 22.7 Å². The second-order valence-corrected chi connectivity index (χ2v) is 13.8. The van der Waals surface area contributed by atoms with Gasteiger partial charge in [-0.1, -0.05) is 38.2 Å². The lowest BCUT2D eigenvalue weighted by Crippen LogP contribution is -2.43. The Morgan fingerprint density at radius 2 is 1.66 bits per heavy atom. The summed E-state index contributed by atoms with van der Waals surface area (Å²) in [5.74, 6) is 0.424. The Morgan fingerprint density at radius 1 is 1.02 bits per heavy atom. The lowest BCUT2D eigenvalue weighted by molar-refractivity contribution is 0.0200. The van der Waals surface area contributed by atoms with E-state index in [9.17, 15) is 9.59 Å². The van der Waals surface area contributed by atoms with E-state index in [4.69, 9.17) is 18.9 Å². The summed E-state index contributed by atoms with van der Waals surface area (Å²) >= 11 is 4.71. The molecule has 44 heavy (non-hydrogen) atoms. The average molecular weight is 694 g/mol. The number of hydrogen-bond acceptors (Lipinski definition) is 11. The van der Waals surface area contributed by atoms with Crippen LogP contribution in [0.15, 0.2) is 28.1 Å². The molecule has 0 saturated heterocycles. The number of anilines is 2. The van der Waals surface area contributed by atoms with Crippen molar-refractivity contribution >= 4 is 50.9 Å². The highest BCUT2D eigenvalue weighted by Crippen LogP contribution is 2.36. The Balaban J connectivity index is 1.72. The van der Waals surface area contributed by atoms with Crippen LogP contribution in [0.1, 0.15) is 71.4 Å². The van der Waals surface area contributed by atoms with Crippen LogP contribution in [0.4, 0.5) is 16.4 Å². The van der Waals surface area contributed by atoms with Crippen molar-refractivity contribution in [3.63, 3.8) is 0 Å². The maximum Gasteiger partial charge on any atom is 0.410 e. The molecule has 240 valence electrons. The molecular weight excluding hydrogens is 652 g/mol. The molecule has 0 radical (unpaired) electrons. The molecule has 0 atom stereocenters. The molecule has 0 fully saturated rings. The fourth-order valence-electron chi connectivity index (χ4n) is 3.80. The fourth-order valence-corrected chi connectivity index (χ4v) is 4.79. The summed E-state index contributed by atoms with van der Waals surface area (Å²) in [7, 11) is 2.84. The second-order valence-electron chi connectivity index (χ2n) is 12.1. The van der Waals surface area contributed by atoms with Crippen molar-refractivity contribution in [2.24, 2.45) is 0 Å². The number of benzene rings is 1. The normalized spacial score (nSPS) is 11.6. The van der Waals surface area contributed by atoms with Crippen LogP contribution in [0, 0.1) is 0 Å². The quantitative estimate of drug-likeness (QED) is 0.214. The molecule has 0 aliphatic heterocycles. The molecule has 2 amide bonds. The van der Waals surface area contributed by atoms with E-state index in [2.05, 4.69) is 62.3 Å². The summed E-state index contributed by atoms with van der Waals surface area (Å²) < 4.78 is 23.2. The van der Waals surface area contributed by atoms with E-state index in [1.165, 1.54) is 25.6 Å². The van der Waals surface area contributed by atoms with E-state index in [1.807, 2.05) is 52.8 Å². The highest BCUT2D eigenvalue weighted by atomic mass is 79.9. The van der Waals surface area contributed by atoms with Crippen LogP contribution in [0.3, 0.4) is 0 Å². The van der Waals surface area contributed by atoms with Gasteiger partial charge in [-0.15, -0.1) is 0 Å². The van der Waals surface area contributed by atoms with E-state index in [0.717, 1.165) is 10.0 Å². The molecule has 0 aliphatic carbocycles. The van der Waals surface area contributed by atoms with Crippen LogP contribution in [-0.2, 0) is 10.2 Å². The Labute approximate surface area is 271 Å². The van der Waals surface area contributed by atoms with Crippen molar-refractivity contribution in [1.82, 2.24) is 19.9 Å². The second kappa shape index (κ2) is 14.4. The summed E-state index contributed by atoms with van der Waals surface area (Å²) in [6.45, 7) is 16.3. The molecule has 3 rings (SSSR count). The number of nitrogens with one attached hydrogen (secondary N) is 2. The summed E-state index contributed by atoms with van der Waals surface area (Å²) in [5.41, 5.74) is 0.702. The molecule has 14 heteroatoms. The van der Waals surface area contributed by atoms with Gasteiger partial charge in [-0.05, 0) is 73.7 Å². The van der Waals surface area contributed by atoms with Crippen LogP contribution >= 0.6 is 27.3 Å². The number of ether oxygens (including phenoxy) is 4. The van der Waals surface area contributed by atoms with Gasteiger partial charge < -0.3 is 34.5 Å². The van der Waals surface area contributed by atoms with E-state index in [-0.39, 0.29) is 40.5 Å². The van der Waals surface area contributed by atoms with Crippen LogP contribution in [0.2, 0.25) is 0 Å². The molecule has 2 heterocycles. The van der Waals surface area contributed by atoms with Crippen LogP contribution in [0.25, 0.3) is 0 Å². The monoisotopic (exact) mass is 692 g/mol. The molecule has 3 aromatic rings. The number of amides is 2. The number of aromatic nitrogens is 3. The van der Waals surface area contributed by atoms with Crippen molar-refractivity contribution in [2.45, 2.75) is 72.4 Å². The number of nitrogens with zero attached hydrogens (tertiary/aromatic N) is 4. The van der Waals surface area contributed by atoms with Gasteiger partial charge >= 0.3 is 6.09 Å². The van der Waals surface area contributed by atoms with Gasteiger partial charge in [0.2, 0.25) is 17.7 Å². The van der Waals surface area contributed by atoms with Crippen LogP contribution in [-0.4, -0.2) is 70.8 Å². The number of rotatable bonds is 11. The number of thiazole rings is 1. The average Bonchev–Trinajstić information content (AvgIpc) is 3.39. The molecule has 12 nitrogen and oxygen atoms in total. The number of halogens is 1. The smallest absolute Gasteiger partial charge is 0.410 e. The third kappa shape index (κ3) is 9.42. The maximum absolute atomic E-state index is 13.2. The zero-order valence-corrected chi connectivity index (χ0v) is 29.2. The molecular formula is C30H41BrN6O6S. The predicted octanol–water partition coefficient (Wildman–Crippen LogP) is 7.11. The first-order chi connectivity index (χ1) is 20.5. The molecule has 0 unspecified atom stereocenters. The van der Waals surface area contributed by atoms with Gasteiger partial charge in [-0.2, -0.15) is 15.0 Å². The number of carbonyl (C=O) groups is 2. The predicted molar refractivity (Wildman–Crippen MR) is 175 cm³/mol. The molecule has 1 aromatic carbocycles. The third-order valence-electron chi connectivity index (χ3n) is 6.07. The Morgan fingerprint density at radius 3 is 2.20 bits per heavy atom. The van der Waals surface area contributed by atoms with Gasteiger partial charge in [-0.25, -0.2) is 4.79 Å². The molecule has 0 bridgehead atoms. The van der Waals surface area contributed by atoms with Gasteiger partial charge in [0.1, 0.15) is 17.0 Å². The molecule has 0 aliphatic rings. The molecule has 2 aromatic heterocycles. The van der Waals surface area contributed by atoms with Crippen molar-refractivity contribution in [2.75, 3.05) is 37.9 Å². The minimum absolute atomic E-state index is 0.0630. The van der Waals surface area contributed by atoms with E-state index in [0.29, 0.717) is 24.0 Å². The van der Waals surface area contributed by atoms with Gasteiger partial charge in [0.15, 0.2) is 5.69 Å². The van der Waals surface area contributed by atoms with Crippen LogP contribution < -0.4 is 24.8 Å². The largest absolute Gasteiger partial charge is 0.479 e. The highest BCUT2D eigenvalue weighted by molar-refractivity contribution is 9.10. The minimum Gasteiger partial charge on any atom is -0.479 e. The van der Waals surface area contributed by atoms with Gasteiger partial charge in [0, 0.05) is 24.5 Å². The maximum atomic E-state index is 13.2. The standard InChI is InChI=1S/C30H41BrN6O6S/c1-17(2)37(28(39)43-30(6,7)8)14-13-32-26-35-24(40-9)22(25(36-26)41-10)34-23(38)20-16-44-27(33-20)42-21-15-18(29(3,4)5)11-12-19(21)31/h11-12,15-17H,13-14H2,1-10H3,(H,34,38)(H,32,35,36). The third-order valence-corrected chi connectivity index (χ3v) is 7.44. The van der Waals surface area contributed by atoms with Crippen molar-refractivity contribution < 1.29 is 28.5 Å². The van der Waals surface area contributed by atoms with Crippen molar-refractivity contribution in [1.29, 1.82) is 0 Å². The zero-order valence-electron chi connectivity index (χ0n) is 26.8. The first kappa shape index (κ1) is 34.8. The van der Waals surface area contributed by atoms with Gasteiger partial charge in [0.05, 0.1) is 18.7 Å². The Bertz CT molecular complexity index is 1440. The highest BCUT2D eigenvalue weighted by Gasteiger charge is 2.25. The van der Waals surface area contributed by atoms with Gasteiger partial charge in [0.25, 0.3) is 11.1 Å². The lowest BCUT2D eigenvalue weighted by atomic mass is 9.87. The summed E-state index contributed by atoms with van der Waals surface area (Å²) in [5, 5.41) is 7.71. The first-order valence-electron chi connectivity index (χ1n) is 14.0. The summed E-state index contributed by atoms with van der Waals surface area (Å²) in [6.07, 6.45) is -0.412. The first-order valence-corrected chi connectivity index (χ1v) is 15.7. The van der Waals surface area contributed by atoms with Gasteiger partial charge in [-0.3, -0.25) is 4.79 Å². The fraction of sp³-hybridized carbons (Fsp3) is 0.500. The lowest BCUT2D eigenvalue weighted by Gasteiger charge is -2.30. The minimum atomic E-state index is -0.607. The molecule has 2 N–H and O–H groups in total. The van der Waals surface area contributed by atoms with E-state index in [1.54, 1.807) is 10.3 Å².